The Morgan fingerprint density at radius 1 is 1.07 bits per heavy atom. The lowest BCUT2D eigenvalue weighted by Crippen LogP contribution is -2.19. The Hall–Kier alpha value is -3.10. The number of benzene rings is 2. The molecule has 154 valence electrons. The summed E-state index contributed by atoms with van der Waals surface area (Å²) < 4.78 is 14.2. The molecule has 0 unspecified atom stereocenters. The molecular formula is C22H22N4O3S. The van der Waals surface area contributed by atoms with Crippen LogP contribution in [0.5, 0.6) is 5.75 Å². The van der Waals surface area contributed by atoms with Crippen molar-refractivity contribution in [2.45, 2.75) is 20.4 Å². The summed E-state index contributed by atoms with van der Waals surface area (Å²) in [5.41, 5.74) is 2.89. The molecule has 0 fully saturated rings. The first-order valence-electron chi connectivity index (χ1n) is 9.83. The minimum absolute atomic E-state index is 0.315. The quantitative estimate of drug-likeness (QED) is 0.423. The lowest BCUT2D eigenvalue weighted by atomic mass is 10.2. The summed E-state index contributed by atoms with van der Waals surface area (Å²) in [6, 6.07) is 11.2. The third kappa shape index (κ3) is 4.24. The fraction of sp³-hybridized carbons (Fsp3) is 0.273. The SMILES string of the molecule is CCOCCn1c(=NC(=O)c2ccc3nccnc3c2)sc2cc(OCC)ccc21. The molecule has 0 saturated carbocycles. The predicted octanol–water partition coefficient (Wildman–Crippen LogP) is 3.82. The van der Waals surface area contributed by atoms with E-state index in [1.54, 1.807) is 30.6 Å². The fourth-order valence-electron chi connectivity index (χ4n) is 3.16. The topological polar surface area (TPSA) is 78.6 Å². The van der Waals surface area contributed by atoms with E-state index in [0.717, 1.165) is 21.5 Å². The summed E-state index contributed by atoms with van der Waals surface area (Å²) in [4.78, 5) is 26.5. The van der Waals surface area contributed by atoms with E-state index in [-0.39, 0.29) is 5.91 Å². The Balaban J connectivity index is 1.76. The molecule has 8 heteroatoms. The Morgan fingerprint density at radius 3 is 2.70 bits per heavy atom. The van der Waals surface area contributed by atoms with Crippen LogP contribution in [0.2, 0.25) is 0 Å². The number of thiazole rings is 1. The van der Waals surface area contributed by atoms with Crippen LogP contribution in [-0.2, 0) is 11.3 Å². The largest absolute Gasteiger partial charge is 0.494 e. The van der Waals surface area contributed by atoms with Gasteiger partial charge in [-0.3, -0.25) is 14.8 Å². The molecule has 2 heterocycles. The van der Waals surface area contributed by atoms with Crippen molar-refractivity contribution in [2.75, 3.05) is 19.8 Å². The smallest absolute Gasteiger partial charge is 0.279 e. The highest BCUT2D eigenvalue weighted by Crippen LogP contribution is 2.23. The normalized spacial score (nSPS) is 12.0. The minimum atomic E-state index is -0.315. The molecule has 0 atom stereocenters. The van der Waals surface area contributed by atoms with Gasteiger partial charge in [0.05, 0.1) is 34.5 Å². The van der Waals surface area contributed by atoms with Crippen LogP contribution in [0.1, 0.15) is 24.2 Å². The van der Waals surface area contributed by atoms with E-state index >= 15 is 0 Å². The number of carbonyl (C=O) groups excluding carboxylic acids is 1. The van der Waals surface area contributed by atoms with Gasteiger partial charge in [0, 0.05) is 31.1 Å². The maximum atomic E-state index is 12.9. The number of amides is 1. The molecular weight excluding hydrogens is 400 g/mol. The molecule has 1 amide bonds. The second-order valence-corrected chi connectivity index (χ2v) is 7.48. The molecule has 7 nitrogen and oxygen atoms in total. The highest BCUT2D eigenvalue weighted by Gasteiger charge is 2.11. The van der Waals surface area contributed by atoms with Crippen molar-refractivity contribution in [2.24, 2.45) is 4.99 Å². The molecule has 4 aromatic rings. The second-order valence-electron chi connectivity index (χ2n) is 6.47. The third-order valence-electron chi connectivity index (χ3n) is 4.54. The van der Waals surface area contributed by atoms with Crippen LogP contribution in [0.15, 0.2) is 53.8 Å². The molecule has 0 N–H and O–H groups in total. The van der Waals surface area contributed by atoms with E-state index in [0.29, 0.717) is 42.2 Å². The van der Waals surface area contributed by atoms with Crippen molar-refractivity contribution in [3.8, 4) is 5.75 Å². The van der Waals surface area contributed by atoms with Gasteiger partial charge in [0.2, 0.25) is 0 Å². The van der Waals surface area contributed by atoms with Crippen LogP contribution in [0.25, 0.3) is 21.3 Å². The number of aromatic nitrogens is 3. The zero-order valence-electron chi connectivity index (χ0n) is 16.9. The van der Waals surface area contributed by atoms with E-state index in [9.17, 15) is 4.79 Å². The summed E-state index contributed by atoms with van der Waals surface area (Å²) in [7, 11) is 0. The average Bonchev–Trinajstić information content (AvgIpc) is 3.10. The van der Waals surface area contributed by atoms with E-state index in [1.807, 2.05) is 36.6 Å². The van der Waals surface area contributed by atoms with Gasteiger partial charge in [0.25, 0.3) is 5.91 Å². The highest BCUT2D eigenvalue weighted by molar-refractivity contribution is 7.16. The molecule has 0 saturated heterocycles. The Bertz CT molecular complexity index is 1260. The summed E-state index contributed by atoms with van der Waals surface area (Å²) in [5, 5.41) is 0. The number of nitrogens with zero attached hydrogens (tertiary/aromatic N) is 4. The Labute approximate surface area is 177 Å². The third-order valence-corrected chi connectivity index (χ3v) is 5.58. The second kappa shape index (κ2) is 9.15. The molecule has 0 spiro atoms. The molecule has 4 rings (SSSR count). The number of fused-ring (bicyclic) bond motifs is 2. The van der Waals surface area contributed by atoms with Crippen molar-refractivity contribution < 1.29 is 14.3 Å². The predicted molar refractivity (Wildman–Crippen MR) is 117 cm³/mol. The minimum Gasteiger partial charge on any atom is -0.494 e. The zero-order chi connectivity index (χ0) is 20.9. The first kappa shape index (κ1) is 20.2. The van der Waals surface area contributed by atoms with Gasteiger partial charge in [-0.05, 0) is 50.2 Å². The monoisotopic (exact) mass is 422 g/mol. The molecule has 0 radical (unpaired) electrons. The van der Waals surface area contributed by atoms with Crippen molar-refractivity contribution in [1.29, 1.82) is 0 Å². The molecule has 2 aromatic carbocycles. The first-order chi connectivity index (χ1) is 14.7. The van der Waals surface area contributed by atoms with E-state index in [1.165, 1.54) is 11.3 Å². The maximum Gasteiger partial charge on any atom is 0.279 e. The van der Waals surface area contributed by atoms with Gasteiger partial charge in [-0.25, -0.2) is 0 Å². The summed E-state index contributed by atoms with van der Waals surface area (Å²) in [6.07, 6.45) is 3.24. The summed E-state index contributed by atoms with van der Waals surface area (Å²) in [5.74, 6) is 0.485. The van der Waals surface area contributed by atoms with Gasteiger partial charge in [-0.1, -0.05) is 11.3 Å². The van der Waals surface area contributed by atoms with E-state index in [4.69, 9.17) is 9.47 Å². The number of hydrogen-bond donors (Lipinski definition) is 0. The molecule has 0 aliphatic heterocycles. The summed E-state index contributed by atoms with van der Waals surface area (Å²) in [6.45, 7) is 6.30. The van der Waals surface area contributed by atoms with Crippen LogP contribution in [0.3, 0.4) is 0 Å². The number of carbonyl (C=O) groups is 1. The standard InChI is InChI=1S/C22H22N4O3S/c1-3-28-12-11-26-19-8-6-16(29-4-2)14-20(19)30-22(26)25-21(27)15-5-7-17-18(13-15)24-10-9-23-17/h5-10,13-14H,3-4,11-12H2,1-2H3. The molecule has 0 aliphatic carbocycles. The van der Waals surface area contributed by atoms with Gasteiger partial charge < -0.3 is 14.0 Å². The van der Waals surface area contributed by atoms with Crippen molar-refractivity contribution >= 4 is 38.5 Å². The van der Waals surface area contributed by atoms with Gasteiger partial charge in [0.15, 0.2) is 4.80 Å². The zero-order valence-corrected chi connectivity index (χ0v) is 17.7. The van der Waals surface area contributed by atoms with E-state index < -0.39 is 0 Å². The van der Waals surface area contributed by atoms with Crippen molar-refractivity contribution in [3.05, 3.63) is 59.2 Å². The summed E-state index contributed by atoms with van der Waals surface area (Å²) >= 11 is 1.46. The van der Waals surface area contributed by atoms with Crippen LogP contribution in [0, 0.1) is 0 Å². The van der Waals surface area contributed by atoms with Gasteiger partial charge in [-0.2, -0.15) is 4.99 Å². The number of rotatable bonds is 7. The highest BCUT2D eigenvalue weighted by atomic mass is 32.1. The van der Waals surface area contributed by atoms with Crippen molar-refractivity contribution in [1.82, 2.24) is 14.5 Å². The van der Waals surface area contributed by atoms with Crippen LogP contribution in [-0.4, -0.2) is 40.3 Å². The Morgan fingerprint density at radius 2 is 1.90 bits per heavy atom. The average molecular weight is 423 g/mol. The van der Waals surface area contributed by atoms with Crippen LogP contribution >= 0.6 is 11.3 Å². The maximum absolute atomic E-state index is 12.9. The first-order valence-corrected chi connectivity index (χ1v) is 10.6. The lowest BCUT2D eigenvalue weighted by molar-refractivity contribution is 0.0996. The number of hydrogen-bond acceptors (Lipinski definition) is 6. The molecule has 2 aromatic heterocycles. The molecule has 0 bridgehead atoms. The van der Waals surface area contributed by atoms with Crippen LogP contribution < -0.4 is 9.54 Å². The molecule has 30 heavy (non-hydrogen) atoms. The number of ether oxygens (including phenoxy) is 2. The van der Waals surface area contributed by atoms with Crippen molar-refractivity contribution in [3.63, 3.8) is 0 Å². The van der Waals surface area contributed by atoms with Crippen LogP contribution in [0.4, 0.5) is 0 Å². The Kier molecular flexibility index (Phi) is 6.15. The van der Waals surface area contributed by atoms with E-state index in [2.05, 4.69) is 15.0 Å². The molecule has 0 aliphatic rings. The van der Waals surface area contributed by atoms with Gasteiger partial charge >= 0.3 is 0 Å². The lowest BCUT2D eigenvalue weighted by Gasteiger charge is -2.06. The fourth-order valence-corrected chi connectivity index (χ4v) is 4.24. The van der Waals surface area contributed by atoms with Gasteiger partial charge in [-0.15, -0.1) is 0 Å². The van der Waals surface area contributed by atoms with Gasteiger partial charge in [0.1, 0.15) is 5.75 Å².